The van der Waals surface area contributed by atoms with Crippen LogP contribution in [0.15, 0.2) is 72.8 Å². The largest absolute Gasteiger partial charge is 0.496 e. The molecule has 7 nitrogen and oxygen atoms in total. The van der Waals surface area contributed by atoms with Crippen LogP contribution in [-0.2, 0) is 22.6 Å². The summed E-state index contributed by atoms with van der Waals surface area (Å²) in [6.07, 6.45) is 4.56. The van der Waals surface area contributed by atoms with Crippen molar-refractivity contribution < 1.29 is 23.8 Å². The van der Waals surface area contributed by atoms with Gasteiger partial charge in [0.15, 0.2) is 6.61 Å². The molecule has 0 heterocycles. The predicted molar refractivity (Wildman–Crippen MR) is 151 cm³/mol. The van der Waals surface area contributed by atoms with E-state index in [4.69, 9.17) is 14.2 Å². The van der Waals surface area contributed by atoms with Gasteiger partial charge in [0, 0.05) is 37.2 Å². The van der Waals surface area contributed by atoms with Crippen LogP contribution in [0.3, 0.4) is 0 Å². The van der Waals surface area contributed by atoms with Gasteiger partial charge < -0.3 is 24.4 Å². The van der Waals surface area contributed by atoms with E-state index < -0.39 is 6.04 Å². The molecule has 1 aliphatic carbocycles. The van der Waals surface area contributed by atoms with Gasteiger partial charge in [-0.05, 0) is 30.9 Å². The maximum absolute atomic E-state index is 13.8. The summed E-state index contributed by atoms with van der Waals surface area (Å²) in [6.45, 7) is 2.08. The lowest BCUT2D eigenvalue weighted by Crippen LogP contribution is -2.53. The first kappa shape index (κ1) is 28.0. The highest BCUT2D eigenvalue weighted by molar-refractivity contribution is 5.88. The predicted octanol–water partition coefficient (Wildman–Crippen LogP) is 5.09. The van der Waals surface area contributed by atoms with Gasteiger partial charge in [-0.1, -0.05) is 73.0 Å². The zero-order valence-corrected chi connectivity index (χ0v) is 23.0. The van der Waals surface area contributed by atoms with Crippen molar-refractivity contribution in [3.63, 3.8) is 0 Å². The summed E-state index contributed by atoms with van der Waals surface area (Å²) in [5, 5.41) is 3.23. The minimum Gasteiger partial charge on any atom is -0.496 e. The summed E-state index contributed by atoms with van der Waals surface area (Å²) in [6, 6.07) is 22.5. The average molecular weight is 531 g/mol. The number of rotatable bonds is 12. The number of methoxy groups -OCH3 is 2. The van der Waals surface area contributed by atoms with Gasteiger partial charge in [-0.3, -0.25) is 9.59 Å². The van der Waals surface area contributed by atoms with Crippen molar-refractivity contribution in [2.24, 2.45) is 0 Å². The van der Waals surface area contributed by atoms with Crippen molar-refractivity contribution in [3.05, 3.63) is 89.5 Å². The van der Waals surface area contributed by atoms with Crippen molar-refractivity contribution >= 4 is 11.8 Å². The molecule has 0 aromatic heterocycles. The summed E-state index contributed by atoms with van der Waals surface area (Å²) >= 11 is 0. The Labute approximate surface area is 231 Å². The minimum absolute atomic E-state index is 0.130. The van der Waals surface area contributed by atoms with Crippen molar-refractivity contribution in [1.82, 2.24) is 10.2 Å². The molecule has 0 unspecified atom stereocenters. The number of nitrogens with one attached hydrogen (secondary N) is 1. The third-order valence-electron chi connectivity index (χ3n) is 7.13. The Morgan fingerprint density at radius 3 is 2.10 bits per heavy atom. The second kappa shape index (κ2) is 13.7. The third kappa shape index (κ3) is 7.99. The van der Waals surface area contributed by atoms with Gasteiger partial charge in [0.05, 0.1) is 14.2 Å². The van der Waals surface area contributed by atoms with E-state index in [0.29, 0.717) is 30.2 Å². The van der Waals surface area contributed by atoms with Crippen molar-refractivity contribution in [2.75, 3.05) is 20.8 Å². The summed E-state index contributed by atoms with van der Waals surface area (Å²) < 4.78 is 16.6. The highest BCUT2D eigenvalue weighted by Gasteiger charge is 2.32. The van der Waals surface area contributed by atoms with Gasteiger partial charge in [-0.15, -0.1) is 0 Å². The normalized spacial score (nSPS) is 13.9. The summed E-state index contributed by atoms with van der Waals surface area (Å²) in [5.74, 6) is 1.16. The van der Waals surface area contributed by atoms with Crippen LogP contribution in [0, 0.1) is 6.92 Å². The number of amides is 2. The van der Waals surface area contributed by atoms with Crippen LogP contribution >= 0.6 is 0 Å². The quantitative estimate of drug-likeness (QED) is 0.353. The Balaban J connectivity index is 1.61. The number of aryl methyl sites for hydroxylation is 1. The number of hydrogen-bond acceptors (Lipinski definition) is 5. The van der Waals surface area contributed by atoms with Crippen LogP contribution in [-0.4, -0.2) is 49.6 Å². The molecule has 1 atom stereocenters. The van der Waals surface area contributed by atoms with Gasteiger partial charge in [-0.25, -0.2) is 0 Å². The Morgan fingerprint density at radius 1 is 0.872 bits per heavy atom. The first-order valence-corrected chi connectivity index (χ1v) is 13.5. The molecular formula is C32H38N2O5. The topological polar surface area (TPSA) is 77.1 Å². The number of benzene rings is 3. The molecule has 3 aromatic rings. The number of ether oxygens (including phenoxy) is 3. The van der Waals surface area contributed by atoms with Crippen molar-refractivity contribution in [3.8, 4) is 17.2 Å². The second-order valence-electron chi connectivity index (χ2n) is 10.0. The van der Waals surface area contributed by atoms with Gasteiger partial charge in [0.1, 0.15) is 23.3 Å². The highest BCUT2D eigenvalue weighted by Crippen LogP contribution is 2.28. The summed E-state index contributed by atoms with van der Waals surface area (Å²) in [4.78, 5) is 29.2. The van der Waals surface area contributed by atoms with E-state index in [9.17, 15) is 9.59 Å². The Kier molecular flexibility index (Phi) is 9.84. The Hall–Kier alpha value is -4.00. The molecule has 0 radical (unpaired) electrons. The summed E-state index contributed by atoms with van der Waals surface area (Å²) in [7, 11) is 3.12. The van der Waals surface area contributed by atoms with Gasteiger partial charge in [-0.2, -0.15) is 0 Å². The standard InChI is InChI=1S/C32H38N2O5/c1-23-13-15-25(16-14-23)21-34(31(35)22-39-29-19-27(37-2)18-28(20-29)38-3)30(17-24-9-5-4-6-10-24)32(36)33-26-11-7-8-12-26/h4-6,9-10,13-16,18-20,26,30H,7-8,11-12,17,21-22H2,1-3H3,(H,33,36)/t30-/m0/s1. The lowest BCUT2D eigenvalue weighted by molar-refractivity contribution is -0.143. The fraction of sp³-hybridized carbons (Fsp3) is 0.375. The molecule has 1 N–H and O–H groups in total. The van der Waals surface area contributed by atoms with E-state index in [1.165, 1.54) is 0 Å². The molecule has 206 valence electrons. The van der Waals surface area contributed by atoms with Crippen LogP contribution in [0.4, 0.5) is 0 Å². The smallest absolute Gasteiger partial charge is 0.261 e. The van der Waals surface area contributed by atoms with Crippen LogP contribution in [0.5, 0.6) is 17.2 Å². The van der Waals surface area contributed by atoms with Crippen LogP contribution in [0.25, 0.3) is 0 Å². The van der Waals surface area contributed by atoms with Gasteiger partial charge in [0.2, 0.25) is 5.91 Å². The maximum Gasteiger partial charge on any atom is 0.261 e. The molecule has 0 bridgehead atoms. The molecule has 2 amide bonds. The molecule has 1 aliphatic rings. The molecule has 0 spiro atoms. The number of carbonyl (C=O) groups is 2. The van der Waals surface area contributed by atoms with E-state index >= 15 is 0 Å². The zero-order chi connectivity index (χ0) is 27.6. The lowest BCUT2D eigenvalue weighted by atomic mass is 10.0. The van der Waals surface area contributed by atoms with E-state index in [-0.39, 0.29) is 24.5 Å². The van der Waals surface area contributed by atoms with E-state index in [2.05, 4.69) is 5.32 Å². The molecular weight excluding hydrogens is 492 g/mol. The molecule has 1 fully saturated rings. The Bertz CT molecular complexity index is 1200. The molecule has 4 rings (SSSR count). The molecule has 39 heavy (non-hydrogen) atoms. The van der Waals surface area contributed by atoms with Crippen LogP contribution < -0.4 is 19.5 Å². The first-order chi connectivity index (χ1) is 18.9. The monoisotopic (exact) mass is 530 g/mol. The lowest BCUT2D eigenvalue weighted by Gasteiger charge is -2.32. The van der Waals surface area contributed by atoms with Crippen molar-refractivity contribution in [2.45, 2.75) is 57.7 Å². The number of hydrogen-bond donors (Lipinski definition) is 1. The molecule has 3 aromatic carbocycles. The second-order valence-corrected chi connectivity index (χ2v) is 10.0. The fourth-order valence-corrected chi connectivity index (χ4v) is 4.90. The molecule has 0 saturated heterocycles. The van der Waals surface area contributed by atoms with E-state index in [1.807, 2.05) is 61.5 Å². The van der Waals surface area contributed by atoms with Crippen molar-refractivity contribution in [1.29, 1.82) is 0 Å². The number of carbonyl (C=O) groups excluding carboxylic acids is 2. The van der Waals surface area contributed by atoms with Gasteiger partial charge >= 0.3 is 0 Å². The minimum atomic E-state index is -0.690. The number of nitrogens with zero attached hydrogens (tertiary/aromatic N) is 1. The first-order valence-electron chi connectivity index (χ1n) is 13.5. The maximum atomic E-state index is 13.8. The third-order valence-corrected chi connectivity index (χ3v) is 7.13. The molecule has 1 saturated carbocycles. The molecule has 7 heteroatoms. The van der Waals surface area contributed by atoms with E-state index in [0.717, 1.165) is 42.4 Å². The highest BCUT2D eigenvalue weighted by atomic mass is 16.5. The van der Waals surface area contributed by atoms with Crippen LogP contribution in [0.1, 0.15) is 42.4 Å². The fourth-order valence-electron chi connectivity index (χ4n) is 4.90. The summed E-state index contributed by atoms with van der Waals surface area (Å²) in [5.41, 5.74) is 3.07. The van der Waals surface area contributed by atoms with Gasteiger partial charge in [0.25, 0.3) is 5.91 Å². The van der Waals surface area contributed by atoms with Crippen LogP contribution in [0.2, 0.25) is 0 Å². The Morgan fingerprint density at radius 2 is 1.49 bits per heavy atom. The SMILES string of the molecule is COc1cc(OC)cc(OCC(=O)N(Cc2ccc(C)cc2)[C@@H](Cc2ccccc2)C(=O)NC2CCCC2)c1. The zero-order valence-electron chi connectivity index (χ0n) is 23.0. The average Bonchev–Trinajstić information content (AvgIpc) is 3.48. The van der Waals surface area contributed by atoms with E-state index in [1.54, 1.807) is 37.3 Å². The molecule has 0 aliphatic heterocycles.